The summed E-state index contributed by atoms with van der Waals surface area (Å²) in [4.78, 5) is 37.3. The largest absolute Gasteiger partial charge is 0.338 e. The molecule has 1 aliphatic heterocycles. The summed E-state index contributed by atoms with van der Waals surface area (Å²) in [5.41, 5.74) is 1.29. The van der Waals surface area contributed by atoms with Crippen molar-refractivity contribution in [3.63, 3.8) is 0 Å². The van der Waals surface area contributed by atoms with E-state index in [4.69, 9.17) is 0 Å². The Morgan fingerprint density at radius 3 is 2.12 bits per heavy atom. The number of carbonyl (C=O) groups excluding carboxylic acids is 3. The third-order valence-corrected chi connectivity index (χ3v) is 4.14. The number of nitrogens with one attached hydrogen (secondary N) is 2. The number of amides is 4. The second-order valence-corrected chi connectivity index (χ2v) is 5.83. The Balaban J connectivity index is 1.41. The van der Waals surface area contributed by atoms with Crippen molar-refractivity contribution in [1.82, 2.24) is 15.5 Å². The SMILES string of the molecule is O=C(NCCc1ccccc1F)NCCN1C(=O)c2ccccc2C1=O. The fraction of sp³-hybridized carbons (Fsp3) is 0.211. The first kappa shape index (κ1) is 17.6. The fourth-order valence-electron chi connectivity index (χ4n) is 2.80. The maximum Gasteiger partial charge on any atom is 0.314 e. The number of carbonyl (C=O) groups is 3. The molecule has 1 aliphatic rings. The van der Waals surface area contributed by atoms with Crippen LogP contribution in [0.5, 0.6) is 0 Å². The molecule has 0 bridgehead atoms. The van der Waals surface area contributed by atoms with Crippen LogP contribution in [0.25, 0.3) is 0 Å². The molecule has 2 N–H and O–H groups in total. The first-order chi connectivity index (χ1) is 12.6. The molecule has 2 aromatic carbocycles. The molecule has 3 rings (SSSR count). The molecule has 4 amide bonds. The van der Waals surface area contributed by atoms with E-state index in [9.17, 15) is 18.8 Å². The predicted octanol–water partition coefficient (Wildman–Crippen LogP) is 1.96. The topological polar surface area (TPSA) is 78.5 Å². The van der Waals surface area contributed by atoms with Gasteiger partial charge in [-0.2, -0.15) is 0 Å². The van der Waals surface area contributed by atoms with Crippen LogP contribution < -0.4 is 10.6 Å². The molecule has 7 heteroatoms. The normalized spacial score (nSPS) is 12.9. The highest BCUT2D eigenvalue weighted by molar-refractivity contribution is 6.21. The molecule has 0 aromatic heterocycles. The van der Waals surface area contributed by atoms with E-state index in [2.05, 4.69) is 10.6 Å². The smallest absolute Gasteiger partial charge is 0.314 e. The molecule has 26 heavy (non-hydrogen) atoms. The monoisotopic (exact) mass is 355 g/mol. The van der Waals surface area contributed by atoms with Crippen LogP contribution in [0.2, 0.25) is 0 Å². The van der Waals surface area contributed by atoms with E-state index in [-0.39, 0.29) is 37.3 Å². The molecule has 0 saturated carbocycles. The van der Waals surface area contributed by atoms with Gasteiger partial charge in [0, 0.05) is 19.6 Å². The number of imide groups is 1. The van der Waals surface area contributed by atoms with Crippen molar-refractivity contribution in [2.75, 3.05) is 19.6 Å². The van der Waals surface area contributed by atoms with Gasteiger partial charge in [-0.3, -0.25) is 14.5 Å². The molecular weight excluding hydrogens is 337 g/mol. The van der Waals surface area contributed by atoms with Gasteiger partial charge in [0.2, 0.25) is 0 Å². The van der Waals surface area contributed by atoms with E-state index < -0.39 is 6.03 Å². The average molecular weight is 355 g/mol. The Labute approximate surface area is 150 Å². The van der Waals surface area contributed by atoms with Crippen molar-refractivity contribution >= 4 is 17.8 Å². The minimum Gasteiger partial charge on any atom is -0.338 e. The molecule has 0 atom stereocenters. The number of hydrogen-bond donors (Lipinski definition) is 2. The number of hydrogen-bond acceptors (Lipinski definition) is 3. The van der Waals surface area contributed by atoms with Crippen molar-refractivity contribution in [2.45, 2.75) is 6.42 Å². The van der Waals surface area contributed by atoms with Crippen LogP contribution in [0.15, 0.2) is 48.5 Å². The lowest BCUT2D eigenvalue weighted by Gasteiger charge is -2.14. The van der Waals surface area contributed by atoms with Crippen molar-refractivity contribution in [3.8, 4) is 0 Å². The summed E-state index contributed by atoms with van der Waals surface area (Å²) in [6.07, 6.45) is 0.374. The van der Waals surface area contributed by atoms with Gasteiger partial charge in [-0.1, -0.05) is 30.3 Å². The zero-order valence-electron chi connectivity index (χ0n) is 14.0. The zero-order chi connectivity index (χ0) is 18.5. The molecule has 0 spiro atoms. The quantitative estimate of drug-likeness (QED) is 0.778. The summed E-state index contributed by atoms with van der Waals surface area (Å²) in [5, 5.41) is 5.21. The van der Waals surface area contributed by atoms with Gasteiger partial charge in [0.25, 0.3) is 11.8 Å². The number of benzene rings is 2. The molecule has 0 unspecified atom stereocenters. The molecule has 0 fully saturated rings. The Bertz CT molecular complexity index is 818. The highest BCUT2D eigenvalue weighted by Gasteiger charge is 2.34. The van der Waals surface area contributed by atoms with Crippen LogP contribution in [0, 0.1) is 5.82 Å². The minimum atomic E-state index is -0.432. The molecule has 1 heterocycles. The lowest BCUT2D eigenvalue weighted by atomic mass is 10.1. The second kappa shape index (κ2) is 7.77. The zero-order valence-corrected chi connectivity index (χ0v) is 14.0. The average Bonchev–Trinajstić information content (AvgIpc) is 2.88. The van der Waals surface area contributed by atoms with Gasteiger partial charge in [-0.15, -0.1) is 0 Å². The van der Waals surface area contributed by atoms with Crippen molar-refractivity contribution in [3.05, 3.63) is 71.0 Å². The van der Waals surface area contributed by atoms with E-state index in [1.807, 2.05) is 0 Å². The van der Waals surface area contributed by atoms with Crippen LogP contribution in [-0.2, 0) is 6.42 Å². The lowest BCUT2D eigenvalue weighted by Crippen LogP contribution is -2.42. The van der Waals surface area contributed by atoms with Gasteiger partial charge in [0.15, 0.2) is 0 Å². The number of nitrogens with zero attached hydrogens (tertiary/aromatic N) is 1. The van der Waals surface area contributed by atoms with E-state index in [1.165, 1.54) is 6.07 Å². The summed E-state index contributed by atoms with van der Waals surface area (Å²) in [5.74, 6) is -1.01. The van der Waals surface area contributed by atoms with E-state index in [0.29, 0.717) is 23.1 Å². The predicted molar refractivity (Wildman–Crippen MR) is 93.3 cm³/mol. The maximum absolute atomic E-state index is 13.5. The molecular formula is C19H18FN3O3. The van der Waals surface area contributed by atoms with Gasteiger partial charge in [0.1, 0.15) is 5.82 Å². The Morgan fingerprint density at radius 2 is 1.46 bits per heavy atom. The molecule has 134 valence electrons. The number of rotatable bonds is 6. The molecule has 0 saturated heterocycles. The van der Waals surface area contributed by atoms with E-state index >= 15 is 0 Å². The van der Waals surface area contributed by atoms with Gasteiger partial charge < -0.3 is 10.6 Å². The standard InChI is InChI=1S/C19H18FN3O3/c20-16-8-4-1-5-13(16)9-10-21-19(26)22-11-12-23-17(24)14-6-2-3-7-15(14)18(23)25/h1-8H,9-12H2,(H2,21,22,26). The van der Waals surface area contributed by atoms with Crippen molar-refractivity contribution in [1.29, 1.82) is 0 Å². The van der Waals surface area contributed by atoms with Gasteiger partial charge in [-0.05, 0) is 30.2 Å². The Morgan fingerprint density at radius 1 is 0.885 bits per heavy atom. The summed E-state index contributed by atoms with van der Waals surface area (Å²) < 4.78 is 13.5. The first-order valence-electron chi connectivity index (χ1n) is 8.28. The van der Waals surface area contributed by atoms with Gasteiger partial charge >= 0.3 is 6.03 Å². The molecule has 0 aliphatic carbocycles. The van der Waals surface area contributed by atoms with Gasteiger partial charge in [0.05, 0.1) is 11.1 Å². The van der Waals surface area contributed by atoms with Crippen molar-refractivity contribution < 1.29 is 18.8 Å². The van der Waals surface area contributed by atoms with E-state index in [0.717, 1.165) is 4.90 Å². The van der Waals surface area contributed by atoms with Crippen LogP contribution in [0.3, 0.4) is 0 Å². The highest BCUT2D eigenvalue weighted by Crippen LogP contribution is 2.21. The maximum atomic E-state index is 13.5. The second-order valence-electron chi connectivity index (χ2n) is 5.83. The molecule has 0 radical (unpaired) electrons. The third kappa shape index (κ3) is 3.72. The fourth-order valence-corrected chi connectivity index (χ4v) is 2.80. The van der Waals surface area contributed by atoms with Crippen LogP contribution >= 0.6 is 0 Å². The van der Waals surface area contributed by atoms with Gasteiger partial charge in [-0.25, -0.2) is 9.18 Å². The van der Waals surface area contributed by atoms with Crippen LogP contribution in [0.4, 0.5) is 9.18 Å². The Hall–Kier alpha value is -3.22. The molecule has 2 aromatic rings. The summed E-state index contributed by atoms with van der Waals surface area (Å²) in [7, 11) is 0. The van der Waals surface area contributed by atoms with E-state index in [1.54, 1.807) is 42.5 Å². The first-order valence-corrected chi connectivity index (χ1v) is 8.28. The summed E-state index contributed by atoms with van der Waals surface area (Å²) >= 11 is 0. The molecule has 6 nitrogen and oxygen atoms in total. The number of urea groups is 1. The summed E-state index contributed by atoms with van der Waals surface area (Å²) in [6.45, 7) is 0.504. The van der Waals surface area contributed by atoms with Crippen LogP contribution in [0.1, 0.15) is 26.3 Å². The van der Waals surface area contributed by atoms with Crippen molar-refractivity contribution in [2.24, 2.45) is 0 Å². The third-order valence-electron chi connectivity index (χ3n) is 4.14. The minimum absolute atomic E-state index is 0.0904. The lowest BCUT2D eigenvalue weighted by molar-refractivity contribution is 0.0656. The summed E-state index contributed by atoms with van der Waals surface area (Å²) in [6, 6.07) is 12.6. The highest BCUT2D eigenvalue weighted by atomic mass is 19.1. The number of halogens is 1. The van der Waals surface area contributed by atoms with Crippen LogP contribution in [-0.4, -0.2) is 42.4 Å². The number of fused-ring (bicyclic) bond motifs is 1. The Kier molecular flexibility index (Phi) is 5.26.